The van der Waals surface area contributed by atoms with Crippen LogP contribution in [0.15, 0.2) is 24.3 Å². The van der Waals surface area contributed by atoms with Crippen LogP contribution in [0, 0.1) is 11.3 Å². The number of carbonyl (C=O) groups is 2. The van der Waals surface area contributed by atoms with Crippen LogP contribution in [-0.4, -0.2) is 24.1 Å². The third-order valence-electron chi connectivity index (χ3n) is 3.81. The number of benzene rings is 1. The van der Waals surface area contributed by atoms with Crippen molar-refractivity contribution in [3.63, 3.8) is 0 Å². The Hall–Kier alpha value is -2.04. The van der Waals surface area contributed by atoms with Crippen LogP contribution in [0.3, 0.4) is 0 Å². The van der Waals surface area contributed by atoms with Gasteiger partial charge in [-0.05, 0) is 29.5 Å². The van der Waals surface area contributed by atoms with E-state index >= 15 is 0 Å². The smallest absolute Gasteiger partial charge is 0.330 e. The van der Waals surface area contributed by atoms with E-state index in [0.717, 1.165) is 6.42 Å². The minimum absolute atomic E-state index is 0.0208. The zero-order chi connectivity index (χ0) is 14.9. The molecule has 5 nitrogen and oxygen atoms in total. The molecule has 0 aliphatic heterocycles. The molecule has 0 aromatic heterocycles. The molecule has 1 aromatic carbocycles. The molecule has 1 aromatic rings. The summed E-state index contributed by atoms with van der Waals surface area (Å²) in [5, 5.41) is 11.9. The van der Waals surface area contributed by atoms with Crippen molar-refractivity contribution in [1.29, 1.82) is 0 Å². The quantitative estimate of drug-likeness (QED) is 0.863. The van der Waals surface area contributed by atoms with E-state index in [-0.39, 0.29) is 17.2 Å². The van der Waals surface area contributed by atoms with E-state index < -0.39 is 12.0 Å². The Labute approximate surface area is 117 Å². The monoisotopic (exact) mass is 277 g/mol. The van der Waals surface area contributed by atoms with E-state index in [1.165, 1.54) is 0 Å². The molecule has 1 aliphatic rings. The van der Waals surface area contributed by atoms with Crippen molar-refractivity contribution in [2.45, 2.75) is 26.3 Å². The van der Waals surface area contributed by atoms with E-state index in [4.69, 9.17) is 4.74 Å². The molecule has 20 heavy (non-hydrogen) atoms. The second kappa shape index (κ2) is 5.15. The summed E-state index contributed by atoms with van der Waals surface area (Å²) in [4.78, 5) is 23.4. The first-order chi connectivity index (χ1) is 9.35. The molecular formula is C15H19NO4. The maximum atomic E-state index is 12.0. The van der Waals surface area contributed by atoms with E-state index in [9.17, 15) is 14.7 Å². The number of nitrogens with one attached hydrogen (secondary N) is 1. The fraction of sp³-hybridized carbons (Fsp3) is 0.467. The van der Waals surface area contributed by atoms with Gasteiger partial charge >= 0.3 is 5.97 Å². The lowest BCUT2D eigenvalue weighted by molar-refractivity contribution is -0.142. The second-order valence-corrected chi connectivity index (χ2v) is 5.80. The lowest BCUT2D eigenvalue weighted by Crippen LogP contribution is -2.35. The first kappa shape index (κ1) is 14.4. The first-order valence-electron chi connectivity index (χ1n) is 6.52. The van der Waals surface area contributed by atoms with E-state index in [1.54, 1.807) is 31.4 Å². The van der Waals surface area contributed by atoms with Crippen molar-refractivity contribution in [3.8, 4) is 5.75 Å². The second-order valence-electron chi connectivity index (χ2n) is 5.80. The van der Waals surface area contributed by atoms with Gasteiger partial charge in [0, 0.05) is 5.92 Å². The van der Waals surface area contributed by atoms with Gasteiger partial charge < -0.3 is 15.2 Å². The standard InChI is InChI=1S/C15H19NO4/c1-15(2)8-11(15)13(17)16-12(14(18)19)9-4-6-10(20-3)7-5-9/h4-7,11-12H,8H2,1-3H3,(H,16,17)(H,18,19)/t11-,12?/m1/s1. The molecule has 1 fully saturated rings. The molecule has 108 valence electrons. The molecule has 0 bridgehead atoms. The van der Waals surface area contributed by atoms with Crippen LogP contribution in [0.4, 0.5) is 0 Å². The molecule has 1 saturated carbocycles. The van der Waals surface area contributed by atoms with Crippen LogP contribution < -0.4 is 10.1 Å². The van der Waals surface area contributed by atoms with Crippen molar-refractivity contribution in [3.05, 3.63) is 29.8 Å². The average Bonchev–Trinajstić information content (AvgIpc) is 3.05. The number of amides is 1. The number of hydrogen-bond donors (Lipinski definition) is 2. The molecule has 2 rings (SSSR count). The molecule has 2 atom stereocenters. The Morgan fingerprint density at radius 2 is 1.90 bits per heavy atom. The molecule has 1 unspecified atom stereocenters. The Bertz CT molecular complexity index is 521. The number of ether oxygens (including phenoxy) is 1. The van der Waals surface area contributed by atoms with Gasteiger partial charge in [0.2, 0.25) is 5.91 Å². The fourth-order valence-electron chi connectivity index (χ4n) is 2.24. The maximum absolute atomic E-state index is 12.0. The SMILES string of the molecule is COc1ccc(C(NC(=O)[C@H]2CC2(C)C)C(=O)O)cc1. The summed E-state index contributed by atoms with van der Waals surface area (Å²) in [7, 11) is 1.54. The van der Waals surface area contributed by atoms with E-state index in [0.29, 0.717) is 11.3 Å². The Kier molecular flexibility index (Phi) is 3.70. The van der Waals surface area contributed by atoms with Gasteiger partial charge in [-0.2, -0.15) is 0 Å². The number of methoxy groups -OCH3 is 1. The molecule has 1 aliphatic carbocycles. The van der Waals surface area contributed by atoms with Crippen molar-refractivity contribution >= 4 is 11.9 Å². The molecular weight excluding hydrogens is 258 g/mol. The minimum Gasteiger partial charge on any atom is -0.497 e. The third kappa shape index (κ3) is 2.92. The lowest BCUT2D eigenvalue weighted by atomic mass is 10.1. The van der Waals surface area contributed by atoms with Crippen molar-refractivity contribution in [1.82, 2.24) is 5.32 Å². The molecule has 1 amide bonds. The molecule has 0 spiro atoms. The summed E-state index contributed by atoms with van der Waals surface area (Å²) < 4.78 is 5.03. The zero-order valence-corrected chi connectivity index (χ0v) is 11.8. The fourth-order valence-corrected chi connectivity index (χ4v) is 2.24. The molecule has 2 N–H and O–H groups in total. The summed E-state index contributed by atoms with van der Waals surface area (Å²) in [6.07, 6.45) is 0.799. The molecule has 0 heterocycles. The molecule has 0 saturated heterocycles. The molecule has 0 radical (unpaired) electrons. The van der Waals surface area contributed by atoms with E-state index in [2.05, 4.69) is 5.32 Å². The predicted molar refractivity (Wildman–Crippen MR) is 73.4 cm³/mol. The van der Waals surface area contributed by atoms with Crippen LogP contribution in [0.5, 0.6) is 5.75 Å². The highest BCUT2D eigenvalue weighted by Gasteiger charge is 2.51. The van der Waals surface area contributed by atoms with Crippen molar-refractivity contribution in [2.24, 2.45) is 11.3 Å². The Morgan fingerprint density at radius 1 is 1.35 bits per heavy atom. The highest BCUT2D eigenvalue weighted by molar-refractivity contribution is 5.87. The zero-order valence-electron chi connectivity index (χ0n) is 11.8. The number of rotatable bonds is 5. The normalized spacial score (nSPS) is 20.9. The number of hydrogen-bond acceptors (Lipinski definition) is 3. The van der Waals surface area contributed by atoms with Gasteiger partial charge in [-0.3, -0.25) is 4.79 Å². The Balaban J connectivity index is 2.11. The van der Waals surface area contributed by atoms with E-state index in [1.807, 2.05) is 13.8 Å². The highest BCUT2D eigenvalue weighted by atomic mass is 16.5. The number of carboxylic acids is 1. The summed E-state index contributed by atoms with van der Waals surface area (Å²) >= 11 is 0. The number of carbonyl (C=O) groups excluding carboxylic acids is 1. The van der Waals surface area contributed by atoms with Gasteiger partial charge in [-0.15, -0.1) is 0 Å². The Morgan fingerprint density at radius 3 is 2.30 bits per heavy atom. The van der Waals surface area contributed by atoms with Gasteiger partial charge in [-0.25, -0.2) is 4.79 Å². The van der Waals surface area contributed by atoms with Crippen LogP contribution in [-0.2, 0) is 9.59 Å². The maximum Gasteiger partial charge on any atom is 0.330 e. The highest BCUT2D eigenvalue weighted by Crippen LogP contribution is 2.51. The number of aliphatic carboxylic acids is 1. The summed E-state index contributed by atoms with van der Waals surface area (Å²) in [5.41, 5.74) is 0.512. The molecule has 5 heteroatoms. The van der Waals surface area contributed by atoms with Gasteiger partial charge in [0.25, 0.3) is 0 Å². The van der Waals surface area contributed by atoms with Crippen molar-refractivity contribution in [2.75, 3.05) is 7.11 Å². The summed E-state index contributed by atoms with van der Waals surface area (Å²) in [6, 6.07) is 5.63. The largest absolute Gasteiger partial charge is 0.497 e. The first-order valence-corrected chi connectivity index (χ1v) is 6.52. The summed E-state index contributed by atoms with van der Waals surface area (Å²) in [5.74, 6) is -0.713. The minimum atomic E-state index is -1.07. The lowest BCUT2D eigenvalue weighted by Gasteiger charge is -2.16. The van der Waals surface area contributed by atoms with Crippen LogP contribution >= 0.6 is 0 Å². The van der Waals surface area contributed by atoms with Gasteiger partial charge in [0.05, 0.1) is 7.11 Å². The predicted octanol–water partition coefficient (Wildman–Crippen LogP) is 1.98. The topological polar surface area (TPSA) is 75.6 Å². The van der Waals surface area contributed by atoms with Crippen molar-refractivity contribution < 1.29 is 19.4 Å². The summed E-state index contributed by atoms with van der Waals surface area (Å²) in [6.45, 7) is 4.00. The van der Waals surface area contributed by atoms with Gasteiger partial charge in [-0.1, -0.05) is 26.0 Å². The van der Waals surface area contributed by atoms with Crippen LogP contribution in [0.1, 0.15) is 31.9 Å². The number of carboxylic acid groups (broad SMARTS) is 1. The van der Waals surface area contributed by atoms with Gasteiger partial charge in [0.1, 0.15) is 5.75 Å². The third-order valence-corrected chi connectivity index (χ3v) is 3.81. The van der Waals surface area contributed by atoms with Crippen LogP contribution in [0.2, 0.25) is 0 Å². The van der Waals surface area contributed by atoms with Crippen LogP contribution in [0.25, 0.3) is 0 Å². The average molecular weight is 277 g/mol. The van der Waals surface area contributed by atoms with Gasteiger partial charge in [0.15, 0.2) is 6.04 Å².